The number of rotatable bonds is 3. The zero-order valence-electron chi connectivity index (χ0n) is 11.6. The zero-order valence-corrected chi connectivity index (χ0v) is 11.6. The van der Waals surface area contributed by atoms with E-state index in [9.17, 15) is 4.79 Å². The van der Waals surface area contributed by atoms with Gasteiger partial charge in [-0.2, -0.15) is 0 Å². The Morgan fingerprint density at radius 1 is 1.29 bits per heavy atom. The Hall–Kier alpha value is -2.18. The number of anilines is 1. The molecule has 0 aliphatic carbocycles. The van der Waals surface area contributed by atoms with Gasteiger partial charge in [0.1, 0.15) is 11.5 Å². The first-order chi connectivity index (χ1) is 10.3. The van der Waals surface area contributed by atoms with Crippen LogP contribution in [0, 0.1) is 0 Å². The number of fused-ring (bicyclic) bond motifs is 1. The maximum absolute atomic E-state index is 12.3. The molecule has 0 atom stereocenters. The van der Waals surface area contributed by atoms with Crippen molar-refractivity contribution < 1.29 is 9.53 Å². The van der Waals surface area contributed by atoms with Crippen molar-refractivity contribution in [3.05, 3.63) is 36.0 Å². The molecule has 6 nitrogen and oxygen atoms in total. The summed E-state index contributed by atoms with van der Waals surface area (Å²) < 4.78 is 5.29. The molecular weight excluding hydrogens is 268 g/mol. The lowest BCUT2D eigenvalue weighted by atomic mass is 10.1. The molecule has 1 aliphatic heterocycles. The smallest absolute Gasteiger partial charge is 0.270 e. The standard InChI is InChI=1S/C15H18N4O2/c16-19-14-12-4-2-1-3-10(12)9-13(18-14)15(20)17-11-5-7-21-8-6-11/h1-4,9,11H,5-8,16H2,(H,17,20)(H,18,19). The second-order valence-electron chi connectivity index (χ2n) is 5.08. The highest BCUT2D eigenvalue weighted by atomic mass is 16.5. The number of hydrogen-bond donors (Lipinski definition) is 3. The van der Waals surface area contributed by atoms with E-state index in [1.165, 1.54) is 0 Å². The van der Waals surface area contributed by atoms with E-state index < -0.39 is 0 Å². The molecule has 1 aromatic carbocycles. The third-order valence-electron chi connectivity index (χ3n) is 3.67. The van der Waals surface area contributed by atoms with E-state index in [0.29, 0.717) is 24.7 Å². The van der Waals surface area contributed by atoms with E-state index in [-0.39, 0.29) is 11.9 Å². The molecule has 1 amide bonds. The Bertz CT molecular complexity index is 653. The normalized spacial score (nSPS) is 15.9. The van der Waals surface area contributed by atoms with Crippen LogP contribution >= 0.6 is 0 Å². The van der Waals surface area contributed by atoms with E-state index in [0.717, 1.165) is 23.6 Å². The lowest BCUT2D eigenvalue weighted by Crippen LogP contribution is -2.39. The quantitative estimate of drug-likeness (QED) is 0.586. The minimum absolute atomic E-state index is 0.147. The Kier molecular flexibility index (Phi) is 3.98. The molecule has 1 saturated heterocycles. The average Bonchev–Trinajstić information content (AvgIpc) is 2.54. The maximum Gasteiger partial charge on any atom is 0.270 e. The van der Waals surface area contributed by atoms with Crippen LogP contribution in [-0.4, -0.2) is 30.1 Å². The van der Waals surface area contributed by atoms with Crippen LogP contribution in [0.4, 0.5) is 5.82 Å². The Labute approximate surface area is 122 Å². The van der Waals surface area contributed by atoms with Crippen molar-refractivity contribution in [3.8, 4) is 0 Å². The fourth-order valence-electron chi connectivity index (χ4n) is 2.53. The number of nitrogen functional groups attached to an aromatic ring is 1. The molecule has 4 N–H and O–H groups in total. The molecule has 0 unspecified atom stereocenters. The molecule has 1 aliphatic rings. The van der Waals surface area contributed by atoms with Gasteiger partial charge in [0.15, 0.2) is 0 Å². The van der Waals surface area contributed by atoms with Gasteiger partial charge in [-0.1, -0.05) is 24.3 Å². The van der Waals surface area contributed by atoms with E-state index >= 15 is 0 Å². The van der Waals surface area contributed by atoms with Crippen LogP contribution in [0.2, 0.25) is 0 Å². The molecule has 0 radical (unpaired) electrons. The van der Waals surface area contributed by atoms with Crippen molar-refractivity contribution in [2.75, 3.05) is 18.6 Å². The van der Waals surface area contributed by atoms with E-state index in [1.807, 2.05) is 24.3 Å². The molecule has 0 saturated carbocycles. The molecule has 1 aromatic heterocycles. The summed E-state index contributed by atoms with van der Waals surface area (Å²) in [5.74, 6) is 5.84. The van der Waals surface area contributed by atoms with Gasteiger partial charge < -0.3 is 15.5 Å². The minimum atomic E-state index is -0.177. The summed E-state index contributed by atoms with van der Waals surface area (Å²) in [4.78, 5) is 16.6. The van der Waals surface area contributed by atoms with Gasteiger partial charge in [0, 0.05) is 24.6 Å². The summed E-state index contributed by atoms with van der Waals surface area (Å²) in [6, 6.07) is 9.61. The Morgan fingerprint density at radius 2 is 2.05 bits per heavy atom. The molecule has 1 fully saturated rings. The number of aromatic nitrogens is 1. The number of pyridine rings is 1. The SMILES string of the molecule is NNc1nc(C(=O)NC2CCOCC2)cc2ccccc12. The van der Waals surface area contributed by atoms with Crippen LogP contribution < -0.4 is 16.6 Å². The van der Waals surface area contributed by atoms with Crippen molar-refractivity contribution in [1.82, 2.24) is 10.3 Å². The number of nitrogens with two attached hydrogens (primary N) is 1. The highest BCUT2D eigenvalue weighted by Gasteiger charge is 2.18. The third kappa shape index (κ3) is 2.96. The van der Waals surface area contributed by atoms with Crippen molar-refractivity contribution >= 4 is 22.5 Å². The van der Waals surface area contributed by atoms with Gasteiger partial charge >= 0.3 is 0 Å². The van der Waals surface area contributed by atoms with E-state index in [2.05, 4.69) is 15.7 Å². The summed E-state index contributed by atoms with van der Waals surface area (Å²) >= 11 is 0. The van der Waals surface area contributed by atoms with Crippen LogP contribution in [0.5, 0.6) is 0 Å². The Morgan fingerprint density at radius 3 is 2.81 bits per heavy atom. The van der Waals surface area contributed by atoms with Crippen LogP contribution in [0.1, 0.15) is 23.3 Å². The number of nitrogens with zero attached hydrogens (tertiary/aromatic N) is 1. The predicted molar refractivity (Wildman–Crippen MR) is 80.9 cm³/mol. The Balaban J connectivity index is 1.87. The topological polar surface area (TPSA) is 89.3 Å². The number of amides is 1. The fourth-order valence-corrected chi connectivity index (χ4v) is 2.53. The zero-order chi connectivity index (χ0) is 14.7. The molecule has 2 heterocycles. The molecule has 21 heavy (non-hydrogen) atoms. The monoisotopic (exact) mass is 286 g/mol. The van der Waals surface area contributed by atoms with Gasteiger partial charge in [-0.25, -0.2) is 10.8 Å². The third-order valence-corrected chi connectivity index (χ3v) is 3.67. The van der Waals surface area contributed by atoms with E-state index in [1.54, 1.807) is 6.07 Å². The van der Waals surface area contributed by atoms with Crippen molar-refractivity contribution in [2.45, 2.75) is 18.9 Å². The predicted octanol–water partition coefficient (Wildman–Crippen LogP) is 1.43. The fraction of sp³-hybridized carbons (Fsp3) is 0.333. The van der Waals surface area contributed by atoms with Crippen LogP contribution in [0.15, 0.2) is 30.3 Å². The lowest BCUT2D eigenvalue weighted by Gasteiger charge is -2.23. The number of carbonyl (C=O) groups is 1. The van der Waals surface area contributed by atoms with Crippen molar-refractivity contribution in [2.24, 2.45) is 5.84 Å². The van der Waals surface area contributed by atoms with Gasteiger partial charge in [0.2, 0.25) is 0 Å². The van der Waals surface area contributed by atoms with Crippen molar-refractivity contribution in [3.63, 3.8) is 0 Å². The lowest BCUT2D eigenvalue weighted by molar-refractivity contribution is 0.0694. The minimum Gasteiger partial charge on any atom is -0.381 e. The number of hydrazine groups is 1. The largest absolute Gasteiger partial charge is 0.381 e. The summed E-state index contributed by atoms with van der Waals surface area (Å²) in [7, 11) is 0. The summed E-state index contributed by atoms with van der Waals surface area (Å²) in [6.07, 6.45) is 1.67. The van der Waals surface area contributed by atoms with Crippen LogP contribution in [-0.2, 0) is 4.74 Å². The summed E-state index contributed by atoms with van der Waals surface area (Å²) in [5.41, 5.74) is 2.93. The highest BCUT2D eigenvalue weighted by Crippen LogP contribution is 2.22. The number of carbonyl (C=O) groups excluding carboxylic acids is 1. The summed E-state index contributed by atoms with van der Waals surface area (Å²) in [5, 5.41) is 4.82. The van der Waals surface area contributed by atoms with Gasteiger partial charge in [0.05, 0.1) is 0 Å². The molecule has 2 aromatic rings. The molecule has 0 bridgehead atoms. The maximum atomic E-state index is 12.3. The second kappa shape index (κ2) is 6.07. The first-order valence-corrected chi connectivity index (χ1v) is 7.03. The number of ether oxygens (including phenoxy) is 1. The van der Waals surface area contributed by atoms with Gasteiger partial charge in [0.25, 0.3) is 5.91 Å². The first kappa shape index (κ1) is 13.8. The average molecular weight is 286 g/mol. The first-order valence-electron chi connectivity index (χ1n) is 7.03. The number of hydrogen-bond acceptors (Lipinski definition) is 5. The van der Waals surface area contributed by atoms with E-state index in [4.69, 9.17) is 10.6 Å². The number of nitrogens with one attached hydrogen (secondary N) is 2. The van der Waals surface area contributed by atoms with Gasteiger partial charge in [-0.05, 0) is 24.3 Å². The number of benzene rings is 1. The molecular formula is C15H18N4O2. The van der Waals surface area contributed by atoms with Gasteiger partial charge in [-0.15, -0.1) is 0 Å². The molecule has 0 spiro atoms. The van der Waals surface area contributed by atoms with Crippen molar-refractivity contribution in [1.29, 1.82) is 0 Å². The molecule has 6 heteroatoms. The van der Waals surface area contributed by atoms with Gasteiger partial charge in [-0.3, -0.25) is 4.79 Å². The molecule has 3 rings (SSSR count). The van der Waals surface area contributed by atoms with Crippen LogP contribution in [0.3, 0.4) is 0 Å². The van der Waals surface area contributed by atoms with Crippen LogP contribution in [0.25, 0.3) is 10.8 Å². The molecule has 110 valence electrons. The highest BCUT2D eigenvalue weighted by molar-refractivity contribution is 6.00. The second-order valence-corrected chi connectivity index (χ2v) is 5.08. The summed E-state index contributed by atoms with van der Waals surface area (Å²) in [6.45, 7) is 1.37.